The van der Waals surface area contributed by atoms with Crippen molar-refractivity contribution in [2.75, 3.05) is 10.2 Å². The van der Waals surface area contributed by atoms with Gasteiger partial charge in [0, 0.05) is 5.69 Å². The van der Waals surface area contributed by atoms with Crippen molar-refractivity contribution in [1.82, 2.24) is 0 Å². The van der Waals surface area contributed by atoms with Gasteiger partial charge >= 0.3 is 0 Å². The number of nitrogens with zero attached hydrogens (tertiary/aromatic N) is 1. The van der Waals surface area contributed by atoms with E-state index in [0.717, 1.165) is 27.9 Å². The van der Waals surface area contributed by atoms with Gasteiger partial charge in [0.1, 0.15) is 6.04 Å². The van der Waals surface area contributed by atoms with Crippen LogP contribution in [0.5, 0.6) is 0 Å². The topological polar surface area (TPSA) is 49.4 Å². The standard InChI is InChI=1S/C21H24N2O2/c1-12-8-15(4)20(16(5)9-12)22-18-11-19(24)23(21(18)25)17-7-6-13(2)14(3)10-17/h6-10,18,22H,11H2,1-5H3/t18-/m1/s1. The number of hydrogen-bond donors (Lipinski definition) is 1. The smallest absolute Gasteiger partial charge is 0.256 e. The molecule has 1 heterocycles. The molecule has 130 valence electrons. The Balaban J connectivity index is 1.88. The van der Waals surface area contributed by atoms with Crippen LogP contribution in [0.15, 0.2) is 30.3 Å². The molecule has 2 amide bonds. The van der Waals surface area contributed by atoms with E-state index in [2.05, 4.69) is 24.4 Å². The Kier molecular flexibility index (Phi) is 4.38. The van der Waals surface area contributed by atoms with E-state index in [9.17, 15) is 9.59 Å². The summed E-state index contributed by atoms with van der Waals surface area (Å²) in [5.74, 6) is -0.346. The number of rotatable bonds is 3. The normalized spacial score (nSPS) is 17.3. The first-order valence-electron chi connectivity index (χ1n) is 8.56. The summed E-state index contributed by atoms with van der Waals surface area (Å²) in [6.45, 7) is 10.1. The molecule has 1 aliphatic heterocycles. The first-order valence-corrected chi connectivity index (χ1v) is 8.56. The fourth-order valence-electron chi connectivity index (χ4n) is 3.46. The van der Waals surface area contributed by atoms with Gasteiger partial charge < -0.3 is 5.32 Å². The summed E-state index contributed by atoms with van der Waals surface area (Å²) < 4.78 is 0. The number of aryl methyl sites for hydroxylation is 5. The van der Waals surface area contributed by atoms with Crippen LogP contribution in [0.1, 0.15) is 34.2 Å². The lowest BCUT2D eigenvalue weighted by Crippen LogP contribution is -2.35. The summed E-state index contributed by atoms with van der Waals surface area (Å²) >= 11 is 0. The predicted octanol–water partition coefficient (Wildman–Crippen LogP) is 3.97. The van der Waals surface area contributed by atoms with Crippen molar-refractivity contribution in [2.24, 2.45) is 0 Å². The van der Waals surface area contributed by atoms with Gasteiger partial charge in [-0.25, -0.2) is 4.90 Å². The van der Waals surface area contributed by atoms with Gasteiger partial charge in [0.05, 0.1) is 12.1 Å². The van der Waals surface area contributed by atoms with E-state index < -0.39 is 6.04 Å². The third-order valence-electron chi connectivity index (χ3n) is 4.89. The molecule has 0 aromatic heterocycles. The van der Waals surface area contributed by atoms with E-state index in [4.69, 9.17) is 0 Å². The van der Waals surface area contributed by atoms with Crippen LogP contribution in [-0.2, 0) is 9.59 Å². The summed E-state index contributed by atoms with van der Waals surface area (Å²) in [7, 11) is 0. The van der Waals surface area contributed by atoms with Gasteiger partial charge in [-0.2, -0.15) is 0 Å². The van der Waals surface area contributed by atoms with Crippen LogP contribution in [0.4, 0.5) is 11.4 Å². The quantitative estimate of drug-likeness (QED) is 0.863. The molecule has 0 bridgehead atoms. The van der Waals surface area contributed by atoms with E-state index >= 15 is 0 Å². The number of carbonyl (C=O) groups is 2. The van der Waals surface area contributed by atoms with Crippen molar-refractivity contribution >= 4 is 23.2 Å². The molecule has 4 nitrogen and oxygen atoms in total. The molecule has 4 heteroatoms. The number of amides is 2. The predicted molar refractivity (Wildman–Crippen MR) is 101 cm³/mol. The Morgan fingerprint density at radius 2 is 1.52 bits per heavy atom. The van der Waals surface area contributed by atoms with Crippen molar-refractivity contribution in [3.8, 4) is 0 Å². The Hall–Kier alpha value is -2.62. The fraction of sp³-hybridized carbons (Fsp3) is 0.333. The maximum Gasteiger partial charge on any atom is 0.256 e. The van der Waals surface area contributed by atoms with Gasteiger partial charge in [-0.1, -0.05) is 23.8 Å². The van der Waals surface area contributed by atoms with Gasteiger partial charge in [0.25, 0.3) is 5.91 Å². The van der Waals surface area contributed by atoms with E-state index in [1.165, 1.54) is 10.5 Å². The zero-order valence-electron chi connectivity index (χ0n) is 15.4. The van der Waals surface area contributed by atoms with Crippen LogP contribution in [0.25, 0.3) is 0 Å². The molecule has 1 atom stereocenters. The van der Waals surface area contributed by atoms with Crippen molar-refractivity contribution < 1.29 is 9.59 Å². The number of nitrogens with one attached hydrogen (secondary N) is 1. The second kappa shape index (κ2) is 6.36. The molecule has 2 aromatic carbocycles. The maximum atomic E-state index is 12.8. The monoisotopic (exact) mass is 336 g/mol. The molecule has 1 aliphatic rings. The molecule has 0 aliphatic carbocycles. The maximum absolute atomic E-state index is 12.8. The molecule has 25 heavy (non-hydrogen) atoms. The number of carbonyl (C=O) groups excluding carboxylic acids is 2. The molecule has 0 spiro atoms. The summed E-state index contributed by atoms with van der Waals surface area (Å²) in [4.78, 5) is 26.6. The van der Waals surface area contributed by atoms with Crippen LogP contribution < -0.4 is 10.2 Å². The zero-order valence-corrected chi connectivity index (χ0v) is 15.4. The molecule has 1 fully saturated rings. The second-order valence-corrected chi connectivity index (χ2v) is 7.01. The minimum Gasteiger partial charge on any atom is -0.373 e. The van der Waals surface area contributed by atoms with Crippen LogP contribution in [0, 0.1) is 34.6 Å². The van der Waals surface area contributed by atoms with E-state index in [1.807, 2.05) is 45.9 Å². The van der Waals surface area contributed by atoms with E-state index in [0.29, 0.717) is 5.69 Å². The first-order chi connectivity index (χ1) is 11.8. The zero-order chi connectivity index (χ0) is 18.3. The highest BCUT2D eigenvalue weighted by atomic mass is 16.2. The van der Waals surface area contributed by atoms with Gasteiger partial charge in [-0.05, 0) is 69.0 Å². The minimum atomic E-state index is -0.519. The average Bonchev–Trinajstić information content (AvgIpc) is 2.80. The molecule has 1 saturated heterocycles. The Morgan fingerprint density at radius 1 is 0.880 bits per heavy atom. The number of imide groups is 1. The number of hydrogen-bond acceptors (Lipinski definition) is 3. The lowest BCUT2D eigenvalue weighted by Gasteiger charge is -2.19. The van der Waals surface area contributed by atoms with Gasteiger partial charge in [-0.3, -0.25) is 9.59 Å². The molecule has 0 unspecified atom stereocenters. The third kappa shape index (κ3) is 3.16. The first kappa shape index (κ1) is 17.2. The summed E-state index contributed by atoms with van der Waals surface area (Å²) in [5.41, 5.74) is 7.16. The van der Waals surface area contributed by atoms with Crippen LogP contribution in [0.2, 0.25) is 0 Å². The summed E-state index contributed by atoms with van der Waals surface area (Å²) in [6, 6.07) is 9.32. The number of anilines is 2. The van der Waals surface area contributed by atoms with Gasteiger partial charge in [0.2, 0.25) is 5.91 Å². The van der Waals surface area contributed by atoms with Gasteiger partial charge in [-0.15, -0.1) is 0 Å². The second-order valence-electron chi connectivity index (χ2n) is 7.01. The molecule has 0 radical (unpaired) electrons. The highest BCUT2D eigenvalue weighted by Gasteiger charge is 2.39. The van der Waals surface area contributed by atoms with Crippen molar-refractivity contribution in [2.45, 2.75) is 47.1 Å². The van der Waals surface area contributed by atoms with Crippen molar-refractivity contribution in [3.05, 3.63) is 58.1 Å². The van der Waals surface area contributed by atoms with Gasteiger partial charge in [0.15, 0.2) is 0 Å². The van der Waals surface area contributed by atoms with E-state index in [1.54, 1.807) is 0 Å². The largest absolute Gasteiger partial charge is 0.373 e. The molecular weight excluding hydrogens is 312 g/mol. The summed E-state index contributed by atoms with van der Waals surface area (Å²) in [6.07, 6.45) is 0.179. The Bertz CT molecular complexity index is 847. The van der Waals surface area contributed by atoms with E-state index in [-0.39, 0.29) is 18.2 Å². The third-order valence-corrected chi connectivity index (χ3v) is 4.89. The molecule has 0 saturated carbocycles. The minimum absolute atomic E-state index is 0.159. The van der Waals surface area contributed by atoms with Crippen molar-refractivity contribution in [1.29, 1.82) is 0 Å². The fourth-order valence-corrected chi connectivity index (χ4v) is 3.46. The Labute approximate surface area is 148 Å². The molecular formula is C21H24N2O2. The van der Waals surface area contributed by atoms with Crippen LogP contribution in [-0.4, -0.2) is 17.9 Å². The lowest BCUT2D eigenvalue weighted by atomic mass is 10.0. The lowest BCUT2D eigenvalue weighted by molar-refractivity contribution is -0.121. The number of benzene rings is 2. The SMILES string of the molecule is Cc1cc(C)c(N[C@@H]2CC(=O)N(c3ccc(C)c(C)c3)C2=O)c(C)c1. The highest BCUT2D eigenvalue weighted by Crippen LogP contribution is 2.29. The summed E-state index contributed by atoms with van der Waals surface area (Å²) in [5, 5.41) is 3.30. The van der Waals surface area contributed by atoms with Crippen LogP contribution >= 0.6 is 0 Å². The van der Waals surface area contributed by atoms with Crippen LogP contribution in [0.3, 0.4) is 0 Å². The molecule has 1 N–H and O–H groups in total. The highest BCUT2D eigenvalue weighted by molar-refractivity contribution is 6.23. The molecule has 3 rings (SSSR count). The Morgan fingerprint density at radius 3 is 2.12 bits per heavy atom. The van der Waals surface area contributed by atoms with Crippen molar-refractivity contribution in [3.63, 3.8) is 0 Å². The average molecular weight is 336 g/mol. The molecule has 2 aromatic rings.